The monoisotopic (exact) mass is 449 g/mol. The van der Waals surface area contributed by atoms with Gasteiger partial charge in [0.05, 0.1) is 23.2 Å². The highest BCUT2D eigenvalue weighted by Gasteiger charge is 2.39. The quantitative estimate of drug-likeness (QED) is 0.434. The number of aromatic nitrogens is 3. The molecule has 0 amide bonds. The lowest BCUT2D eigenvalue weighted by Crippen LogP contribution is -2.52. The Morgan fingerprint density at radius 1 is 1.06 bits per heavy atom. The number of aliphatic hydroxyl groups is 2. The molecule has 2 aliphatic heterocycles. The second-order valence-corrected chi connectivity index (χ2v) is 9.92. The van der Waals surface area contributed by atoms with E-state index in [0.29, 0.717) is 0 Å². The zero-order chi connectivity index (χ0) is 21.7. The second-order valence-electron chi connectivity index (χ2n) is 8.84. The Balaban J connectivity index is 1.33. The van der Waals surface area contributed by atoms with E-state index in [0.717, 1.165) is 60.8 Å². The van der Waals surface area contributed by atoms with E-state index < -0.39 is 12.2 Å². The number of nitrogens with one attached hydrogen (secondary N) is 1. The van der Waals surface area contributed by atoms with Crippen molar-refractivity contribution in [1.29, 1.82) is 0 Å². The van der Waals surface area contributed by atoms with Gasteiger partial charge in [-0.25, -0.2) is 9.50 Å². The van der Waals surface area contributed by atoms with Gasteiger partial charge in [-0.1, -0.05) is 18.2 Å². The van der Waals surface area contributed by atoms with Crippen LogP contribution in [0.3, 0.4) is 0 Å². The average molecular weight is 450 g/mol. The molecule has 0 radical (unpaired) electrons. The van der Waals surface area contributed by atoms with Crippen molar-refractivity contribution in [3.63, 3.8) is 0 Å². The second kappa shape index (κ2) is 8.12. The highest BCUT2D eigenvalue weighted by Crippen LogP contribution is 2.34. The Morgan fingerprint density at radius 3 is 2.81 bits per heavy atom. The molecule has 2 aliphatic rings. The lowest BCUT2D eigenvalue weighted by Gasteiger charge is -2.34. The molecule has 4 atom stereocenters. The van der Waals surface area contributed by atoms with Crippen LogP contribution >= 0.6 is 11.3 Å². The topological polar surface area (TPSA) is 85.9 Å². The third-order valence-corrected chi connectivity index (χ3v) is 8.01. The third-order valence-electron chi connectivity index (χ3n) is 6.87. The molecule has 1 aromatic carbocycles. The summed E-state index contributed by atoms with van der Waals surface area (Å²) < 4.78 is 3.14. The SMILES string of the molecule is OC(C(O)[C@@H]1CCCN1c1ccc2ncc(-c3cc4ccccc4s3)n2n1)[C@@H]1CCCN1. The van der Waals surface area contributed by atoms with Crippen LogP contribution in [0.25, 0.3) is 26.3 Å². The summed E-state index contributed by atoms with van der Waals surface area (Å²) in [5.74, 6) is 0.811. The van der Waals surface area contributed by atoms with Gasteiger partial charge < -0.3 is 20.4 Å². The number of thiophene rings is 1. The zero-order valence-corrected chi connectivity index (χ0v) is 18.6. The Morgan fingerprint density at radius 2 is 1.97 bits per heavy atom. The van der Waals surface area contributed by atoms with Gasteiger partial charge in [-0.3, -0.25) is 0 Å². The first-order valence-corrected chi connectivity index (χ1v) is 12.2. The van der Waals surface area contributed by atoms with Crippen LogP contribution in [0, 0.1) is 0 Å². The average Bonchev–Trinajstić information content (AvgIpc) is 3.61. The van der Waals surface area contributed by atoms with Gasteiger partial charge >= 0.3 is 0 Å². The van der Waals surface area contributed by atoms with Crippen LogP contribution in [-0.4, -0.2) is 62.2 Å². The van der Waals surface area contributed by atoms with Gasteiger partial charge in [0.15, 0.2) is 5.65 Å². The molecule has 3 N–H and O–H groups in total. The first kappa shape index (κ1) is 20.1. The number of imidazole rings is 1. The third kappa shape index (κ3) is 3.38. The smallest absolute Gasteiger partial charge is 0.154 e. The summed E-state index contributed by atoms with van der Waals surface area (Å²) in [5, 5.41) is 31.3. The number of aliphatic hydroxyl groups excluding tert-OH is 2. The van der Waals surface area contributed by atoms with Crippen molar-refractivity contribution < 1.29 is 10.2 Å². The number of benzene rings is 1. The molecule has 2 saturated heterocycles. The molecule has 3 aromatic heterocycles. The van der Waals surface area contributed by atoms with Crippen LogP contribution < -0.4 is 10.2 Å². The van der Waals surface area contributed by atoms with Gasteiger partial charge in [-0.2, -0.15) is 0 Å². The van der Waals surface area contributed by atoms with Crippen molar-refractivity contribution in [2.24, 2.45) is 0 Å². The normalized spacial score (nSPS) is 23.4. The Hall–Kier alpha value is -2.52. The summed E-state index contributed by atoms with van der Waals surface area (Å²) in [5.41, 5.74) is 1.77. The minimum Gasteiger partial charge on any atom is -0.389 e. The summed E-state index contributed by atoms with van der Waals surface area (Å²) in [7, 11) is 0. The molecule has 2 fully saturated rings. The first-order chi connectivity index (χ1) is 15.7. The lowest BCUT2D eigenvalue weighted by molar-refractivity contribution is -0.0129. The minimum atomic E-state index is -0.810. The molecule has 5 heterocycles. The van der Waals surface area contributed by atoms with Crippen LogP contribution in [0.1, 0.15) is 25.7 Å². The van der Waals surface area contributed by atoms with Crippen molar-refractivity contribution in [3.8, 4) is 10.6 Å². The highest BCUT2D eigenvalue weighted by atomic mass is 32.1. The van der Waals surface area contributed by atoms with Gasteiger partial charge in [0.25, 0.3) is 0 Å². The summed E-state index contributed by atoms with van der Waals surface area (Å²) in [6, 6.07) is 14.3. The van der Waals surface area contributed by atoms with E-state index in [1.54, 1.807) is 11.3 Å². The molecule has 4 aromatic rings. The van der Waals surface area contributed by atoms with Gasteiger partial charge in [-0.15, -0.1) is 16.4 Å². The molecule has 6 rings (SSSR count). The number of fused-ring (bicyclic) bond motifs is 2. The van der Waals surface area contributed by atoms with Crippen LogP contribution in [0.2, 0.25) is 0 Å². The molecule has 0 spiro atoms. The Kier molecular flexibility index (Phi) is 5.10. The molecule has 0 aliphatic carbocycles. The largest absolute Gasteiger partial charge is 0.389 e. The van der Waals surface area contributed by atoms with Gasteiger partial charge in [0.2, 0.25) is 0 Å². The molecular formula is C24H27N5O2S. The Labute approximate surface area is 190 Å². The van der Waals surface area contributed by atoms with E-state index in [-0.39, 0.29) is 12.1 Å². The number of anilines is 1. The van der Waals surface area contributed by atoms with E-state index in [4.69, 9.17) is 5.10 Å². The standard InChI is InChI=1S/C24H27N5O2S/c30-23(16-6-3-11-25-16)24(31)17-7-4-12-28(17)22-10-9-21-26-14-18(29(21)27-22)20-13-15-5-1-2-8-19(15)32-20/h1-2,5,8-10,13-14,16-17,23-25,30-31H,3-4,6-7,11-12H2/t16-,17-,23?,24?/m0/s1. The predicted octanol–water partition coefficient (Wildman–Crippen LogP) is 3.05. The zero-order valence-electron chi connectivity index (χ0n) is 17.8. The summed E-state index contributed by atoms with van der Waals surface area (Å²) in [6.45, 7) is 1.72. The van der Waals surface area contributed by atoms with Crippen LogP contribution in [-0.2, 0) is 0 Å². The molecule has 0 saturated carbocycles. The maximum absolute atomic E-state index is 11.0. The maximum Gasteiger partial charge on any atom is 0.154 e. The number of rotatable bonds is 5. The molecule has 166 valence electrons. The number of hydrogen-bond donors (Lipinski definition) is 3. The predicted molar refractivity (Wildman–Crippen MR) is 127 cm³/mol. The molecule has 0 bridgehead atoms. The van der Waals surface area contributed by atoms with Crippen molar-refractivity contribution in [3.05, 3.63) is 48.7 Å². The lowest BCUT2D eigenvalue weighted by atomic mass is 9.96. The number of nitrogens with zero attached hydrogens (tertiary/aromatic N) is 4. The maximum atomic E-state index is 11.0. The van der Waals surface area contributed by atoms with E-state index in [9.17, 15) is 10.2 Å². The van der Waals surface area contributed by atoms with E-state index in [1.165, 1.54) is 10.1 Å². The fourth-order valence-electron chi connectivity index (χ4n) is 5.19. The van der Waals surface area contributed by atoms with Gasteiger partial charge in [0, 0.05) is 17.3 Å². The summed E-state index contributed by atoms with van der Waals surface area (Å²) in [6.07, 6.45) is 4.06. The van der Waals surface area contributed by atoms with Crippen LogP contribution in [0.4, 0.5) is 5.82 Å². The first-order valence-electron chi connectivity index (χ1n) is 11.4. The van der Waals surface area contributed by atoms with Crippen molar-refractivity contribution in [1.82, 2.24) is 19.9 Å². The van der Waals surface area contributed by atoms with Crippen LogP contribution in [0.5, 0.6) is 0 Å². The summed E-state index contributed by atoms with van der Waals surface area (Å²) >= 11 is 1.74. The van der Waals surface area contributed by atoms with E-state index >= 15 is 0 Å². The molecular weight excluding hydrogens is 422 g/mol. The number of hydrogen-bond acceptors (Lipinski definition) is 7. The Bertz CT molecular complexity index is 1210. The van der Waals surface area contributed by atoms with Gasteiger partial charge in [0.1, 0.15) is 17.6 Å². The van der Waals surface area contributed by atoms with Crippen molar-refractivity contribution in [2.45, 2.75) is 50.0 Å². The van der Waals surface area contributed by atoms with E-state index in [1.807, 2.05) is 22.8 Å². The van der Waals surface area contributed by atoms with Gasteiger partial charge in [-0.05, 0) is 61.9 Å². The minimum absolute atomic E-state index is 0.0314. The van der Waals surface area contributed by atoms with Crippen molar-refractivity contribution in [2.75, 3.05) is 18.0 Å². The fraction of sp³-hybridized carbons (Fsp3) is 0.417. The fourth-order valence-corrected chi connectivity index (χ4v) is 6.25. The summed E-state index contributed by atoms with van der Waals surface area (Å²) in [4.78, 5) is 7.84. The molecule has 7 nitrogen and oxygen atoms in total. The molecule has 8 heteroatoms. The molecule has 2 unspecified atom stereocenters. The highest BCUT2D eigenvalue weighted by molar-refractivity contribution is 7.22. The molecule has 32 heavy (non-hydrogen) atoms. The van der Waals surface area contributed by atoms with E-state index in [2.05, 4.69) is 45.5 Å². The van der Waals surface area contributed by atoms with Crippen LogP contribution in [0.15, 0.2) is 48.7 Å². The van der Waals surface area contributed by atoms with Crippen molar-refractivity contribution >= 4 is 32.9 Å².